The summed E-state index contributed by atoms with van der Waals surface area (Å²) < 4.78 is 36.9. The molecular weight excluding hydrogens is 446 g/mol. The number of anilines is 1. The third kappa shape index (κ3) is 6.90. The Bertz CT molecular complexity index is 1160. The van der Waals surface area contributed by atoms with Crippen LogP contribution in [0.4, 0.5) is 5.69 Å². The maximum Gasteiger partial charge on any atom is 0.331 e. The molecule has 1 atom stereocenters. The molecule has 1 unspecified atom stereocenters. The number of methoxy groups -OCH3 is 1. The van der Waals surface area contributed by atoms with Crippen LogP contribution < -0.4 is 14.4 Å². The molecule has 0 radical (unpaired) electrons. The predicted octanol–water partition coefficient (Wildman–Crippen LogP) is 2.50. The number of nitriles is 1. The Morgan fingerprint density at radius 1 is 1.21 bits per heavy atom. The largest absolute Gasteiger partial charge is 0.495 e. The van der Waals surface area contributed by atoms with Crippen molar-refractivity contribution in [1.29, 1.82) is 5.26 Å². The molecule has 174 valence electrons. The molecule has 0 aromatic heterocycles. The van der Waals surface area contributed by atoms with Gasteiger partial charge in [-0.2, -0.15) is 5.26 Å². The van der Waals surface area contributed by atoms with Crippen molar-refractivity contribution in [1.82, 2.24) is 4.72 Å². The lowest BCUT2D eigenvalue weighted by molar-refractivity contribution is -0.149. The molecule has 0 saturated carbocycles. The topological polar surface area (TPSA) is 126 Å². The minimum atomic E-state index is -3.77. The minimum Gasteiger partial charge on any atom is -0.495 e. The number of hydrogen-bond acceptors (Lipinski definition) is 7. The number of ether oxygens (including phenoxy) is 2. The standard InChI is InChI=1S/C23H25N3O6S/c1-17(23(28)26(15-7-14-24)19-8-5-4-6-9-19)32-22(27)13-11-18-10-12-20(31-3)21(16-18)33(29,30)25-2/h4-6,8-13,16-17,25H,7,15H2,1-3H3/b13-11+. The molecule has 0 aliphatic heterocycles. The lowest BCUT2D eigenvalue weighted by Crippen LogP contribution is -2.40. The summed E-state index contributed by atoms with van der Waals surface area (Å²) in [6.45, 7) is 1.60. The zero-order valence-electron chi connectivity index (χ0n) is 18.5. The smallest absolute Gasteiger partial charge is 0.331 e. The third-order valence-electron chi connectivity index (χ3n) is 4.58. The maximum absolute atomic E-state index is 12.8. The molecule has 0 heterocycles. The first-order valence-electron chi connectivity index (χ1n) is 9.97. The first-order valence-corrected chi connectivity index (χ1v) is 11.5. The van der Waals surface area contributed by atoms with E-state index >= 15 is 0 Å². The van der Waals surface area contributed by atoms with E-state index in [-0.39, 0.29) is 23.6 Å². The van der Waals surface area contributed by atoms with Gasteiger partial charge in [0, 0.05) is 18.3 Å². The SMILES string of the molecule is CNS(=O)(=O)c1cc(/C=C/C(=O)OC(C)C(=O)N(CCC#N)c2ccccc2)ccc1OC. The van der Waals surface area contributed by atoms with E-state index in [9.17, 15) is 18.0 Å². The highest BCUT2D eigenvalue weighted by molar-refractivity contribution is 7.89. The van der Waals surface area contributed by atoms with E-state index in [1.807, 2.05) is 6.07 Å². The molecule has 10 heteroatoms. The Morgan fingerprint density at radius 3 is 2.52 bits per heavy atom. The number of nitrogens with one attached hydrogen (secondary N) is 1. The zero-order chi connectivity index (χ0) is 24.4. The van der Waals surface area contributed by atoms with Gasteiger partial charge in [-0.15, -0.1) is 0 Å². The van der Waals surface area contributed by atoms with Crippen molar-refractivity contribution < 1.29 is 27.5 Å². The van der Waals surface area contributed by atoms with Crippen LogP contribution in [0.5, 0.6) is 5.75 Å². The number of hydrogen-bond donors (Lipinski definition) is 1. The van der Waals surface area contributed by atoms with E-state index in [0.717, 1.165) is 6.08 Å². The molecule has 33 heavy (non-hydrogen) atoms. The fourth-order valence-electron chi connectivity index (χ4n) is 2.90. The van der Waals surface area contributed by atoms with Crippen molar-refractivity contribution in [3.05, 3.63) is 60.2 Å². The van der Waals surface area contributed by atoms with Crippen molar-refractivity contribution in [2.45, 2.75) is 24.3 Å². The van der Waals surface area contributed by atoms with Gasteiger partial charge in [0.05, 0.1) is 19.6 Å². The molecule has 9 nitrogen and oxygen atoms in total. The lowest BCUT2D eigenvalue weighted by atomic mass is 10.2. The predicted molar refractivity (Wildman–Crippen MR) is 123 cm³/mol. The fourth-order valence-corrected chi connectivity index (χ4v) is 3.83. The number of benzene rings is 2. The van der Waals surface area contributed by atoms with Gasteiger partial charge in [0.1, 0.15) is 10.6 Å². The number of carbonyl (C=O) groups is 2. The van der Waals surface area contributed by atoms with Gasteiger partial charge >= 0.3 is 5.97 Å². The van der Waals surface area contributed by atoms with Crippen molar-refractivity contribution in [3.8, 4) is 11.8 Å². The number of amides is 1. The van der Waals surface area contributed by atoms with Crippen LogP contribution in [0.15, 0.2) is 59.5 Å². The average molecular weight is 472 g/mol. The molecular formula is C23H25N3O6S. The summed E-state index contributed by atoms with van der Waals surface area (Å²) >= 11 is 0. The minimum absolute atomic E-state index is 0.0810. The van der Waals surface area contributed by atoms with Crippen LogP contribution in [0.1, 0.15) is 18.9 Å². The van der Waals surface area contributed by atoms with Crippen molar-refractivity contribution >= 4 is 33.7 Å². The summed E-state index contributed by atoms with van der Waals surface area (Å²) in [7, 11) is -1.14. The second-order valence-electron chi connectivity index (χ2n) is 6.76. The van der Waals surface area contributed by atoms with Crippen molar-refractivity contribution in [2.24, 2.45) is 0 Å². The molecule has 2 aromatic carbocycles. The molecule has 0 bridgehead atoms. The highest BCUT2D eigenvalue weighted by Gasteiger charge is 2.24. The Labute approximate surface area is 193 Å². The fraction of sp³-hybridized carbons (Fsp3) is 0.261. The molecule has 0 aliphatic carbocycles. The quantitative estimate of drug-likeness (QED) is 0.417. The second kappa shape index (κ2) is 11.8. The van der Waals surface area contributed by atoms with Gasteiger partial charge < -0.3 is 14.4 Å². The van der Waals surface area contributed by atoms with Gasteiger partial charge in [-0.1, -0.05) is 24.3 Å². The summed E-state index contributed by atoms with van der Waals surface area (Å²) in [5.74, 6) is -1.09. The molecule has 1 N–H and O–H groups in total. The molecule has 0 saturated heterocycles. The number of sulfonamides is 1. The van der Waals surface area contributed by atoms with Crippen LogP contribution in [0.2, 0.25) is 0 Å². The Kier molecular flexibility index (Phi) is 9.15. The molecule has 2 rings (SSSR count). The van der Waals surface area contributed by atoms with E-state index in [0.29, 0.717) is 11.3 Å². The van der Waals surface area contributed by atoms with Crippen LogP contribution >= 0.6 is 0 Å². The van der Waals surface area contributed by atoms with Crippen LogP contribution in [0, 0.1) is 11.3 Å². The number of carbonyl (C=O) groups excluding carboxylic acids is 2. The molecule has 0 spiro atoms. The second-order valence-corrected chi connectivity index (χ2v) is 8.62. The van der Waals surface area contributed by atoms with E-state index in [4.69, 9.17) is 14.7 Å². The van der Waals surface area contributed by atoms with Gasteiger partial charge in [-0.3, -0.25) is 4.79 Å². The van der Waals surface area contributed by atoms with E-state index in [1.54, 1.807) is 36.4 Å². The molecule has 1 amide bonds. The summed E-state index contributed by atoms with van der Waals surface area (Å²) in [6, 6.07) is 15.2. The summed E-state index contributed by atoms with van der Waals surface area (Å²) in [5.41, 5.74) is 1.01. The van der Waals surface area contributed by atoms with Crippen molar-refractivity contribution in [3.63, 3.8) is 0 Å². The average Bonchev–Trinajstić information content (AvgIpc) is 2.83. The highest BCUT2D eigenvalue weighted by atomic mass is 32.2. The molecule has 0 fully saturated rings. The number of rotatable bonds is 10. The summed E-state index contributed by atoms with van der Waals surface area (Å²) in [6.07, 6.45) is 1.50. The van der Waals surface area contributed by atoms with Gasteiger partial charge in [0.25, 0.3) is 5.91 Å². The van der Waals surface area contributed by atoms with Crippen LogP contribution in [0.25, 0.3) is 6.08 Å². The van der Waals surface area contributed by atoms with Gasteiger partial charge in [0.15, 0.2) is 6.10 Å². The first kappa shape index (κ1) is 25.6. The van der Waals surface area contributed by atoms with E-state index < -0.39 is 28.0 Å². The van der Waals surface area contributed by atoms with Crippen LogP contribution in [0.3, 0.4) is 0 Å². The Balaban J connectivity index is 2.14. The summed E-state index contributed by atoms with van der Waals surface area (Å²) in [4.78, 5) is 26.4. The number of nitrogens with zero attached hydrogens (tertiary/aromatic N) is 2. The van der Waals surface area contributed by atoms with Crippen molar-refractivity contribution in [2.75, 3.05) is 25.6 Å². The van der Waals surface area contributed by atoms with Crippen LogP contribution in [-0.2, 0) is 24.3 Å². The Morgan fingerprint density at radius 2 is 1.91 bits per heavy atom. The van der Waals surface area contributed by atoms with Crippen LogP contribution in [-0.4, -0.2) is 47.1 Å². The van der Waals surface area contributed by atoms with Gasteiger partial charge in [0.2, 0.25) is 10.0 Å². The Hall–Kier alpha value is -3.68. The van der Waals surface area contributed by atoms with Gasteiger partial charge in [-0.05, 0) is 49.9 Å². The lowest BCUT2D eigenvalue weighted by Gasteiger charge is -2.24. The van der Waals surface area contributed by atoms with E-state index in [2.05, 4.69) is 4.72 Å². The molecule has 2 aromatic rings. The maximum atomic E-state index is 12.8. The van der Waals surface area contributed by atoms with Gasteiger partial charge in [-0.25, -0.2) is 17.9 Å². The zero-order valence-corrected chi connectivity index (χ0v) is 19.3. The van der Waals surface area contributed by atoms with E-state index in [1.165, 1.54) is 44.2 Å². The molecule has 0 aliphatic rings. The third-order valence-corrected chi connectivity index (χ3v) is 6.02. The summed E-state index contributed by atoms with van der Waals surface area (Å²) in [5, 5.41) is 8.89. The number of para-hydroxylation sites is 1. The monoisotopic (exact) mass is 471 g/mol. The number of esters is 1. The first-order chi connectivity index (χ1) is 15.7. The normalized spacial score (nSPS) is 12.1. The highest BCUT2D eigenvalue weighted by Crippen LogP contribution is 2.25.